The summed E-state index contributed by atoms with van der Waals surface area (Å²) in [4.78, 5) is 27.8. The zero-order valence-corrected chi connectivity index (χ0v) is 21.0. The average Bonchev–Trinajstić information content (AvgIpc) is 2.75. The van der Waals surface area contributed by atoms with Crippen molar-refractivity contribution in [3.8, 4) is 0 Å². The van der Waals surface area contributed by atoms with Crippen molar-refractivity contribution in [3.63, 3.8) is 0 Å². The van der Waals surface area contributed by atoms with Crippen molar-refractivity contribution in [1.29, 1.82) is 0 Å². The van der Waals surface area contributed by atoms with Crippen molar-refractivity contribution in [2.45, 2.75) is 46.6 Å². The number of carbonyl (C=O) groups excluding carboxylic acids is 2. The molecule has 8 heteroatoms. The van der Waals surface area contributed by atoms with Crippen molar-refractivity contribution in [2.24, 2.45) is 0 Å². The molecule has 1 atom stereocenters. The van der Waals surface area contributed by atoms with Crippen LogP contribution >= 0.6 is 0 Å². The molecule has 0 aliphatic heterocycles. The van der Waals surface area contributed by atoms with Crippen LogP contribution in [0.2, 0.25) is 0 Å². The molecule has 0 saturated heterocycles. The highest BCUT2D eigenvalue weighted by Gasteiger charge is 2.32. The summed E-state index contributed by atoms with van der Waals surface area (Å²) in [5, 5.41) is 2.80. The summed E-state index contributed by atoms with van der Waals surface area (Å²) in [5.41, 5.74) is 3.07. The highest BCUT2D eigenvalue weighted by Crippen LogP contribution is 2.27. The number of para-hydroxylation sites is 1. The Morgan fingerprint density at radius 2 is 1.58 bits per heavy atom. The van der Waals surface area contributed by atoms with Gasteiger partial charge < -0.3 is 10.2 Å². The van der Waals surface area contributed by atoms with E-state index in [1.54, 1.807) is 0 Å². The maximum atomic E-state index is 13.6. The van der Waals surface area contributed by atoms with E-state index >= 15 is 0 Å². The summed E-state index contributed by atoms with van der Waals surface area (Å²) < 4.78 is 26.6. The fourth-order valence-corrected chi connectivity index (χ4v) is 4.93. The molecule has 0 aromatic heterocycles. The minimum Gasteiger partial charge on any atom is -0.355 e. The van der Waals surface area contributed by atoms with E-state index in [4.69, 9.17) is 0 Å². The number of benzene rings is 2. The van der Waals surface area contributed by atoms with E-state index in [0.717, 1.165) is 27.3 Å². The predicted octanol–water partition coefficient (Wildman–Crippen LogP) is 3.06. The Bertz CT molecular complexity index is 1030. The number of amides is 2. The van der Waals surface area contributed by atoms with Crippen LogP contribution in [0.5, 0.6) is 0 Å². The van der Waals surface area contributed by atoms with E-state index in [2.05, 4.69) is 5.32 Å². The van der Waals surface area contributed by atoms with Gasteiger partial charge in [0.2, 0.25) is 21.8 Å². The molecule has 0 heterocycles. The highest BCUT2D eigenvalue weighted by atomic mass is 32.2. The first-order chi connectivity index (χ1) is 15.6. The van der Waals surface area contributed by atoms with Gasteiger partial charge >= 0.3 is 0 Å². The molecule has 0 spiro atoms. The highest BCUT2D eigenvalue weighted by molar-refractivity contribution is 7.92. The van der Waals surface area contributed by atoms with Crippen LogP contribution in [0.25, 0.3) is 0 Å². The minimum atomic E-state index is -3.74. The quantitative estimate of drug-likeness (QED) is 0.543. The zero-order valence-electron chi connectivity index (χ0n) is 20.2. The van der Waals surface area contributed by atoms with Gasteiger partial charge in [0, 0.05) is 13.1 Å². The summed E-state index contributed by atoms with van der Waals surface area (Å²) in [6.45, 7) is 7.71. The van der Waals surface area contributed by atoms with E-state index in [-0.39, 0.29) is 12.5 Å². The maximum absolute atomic E-state index is 13.6. The van der Waals surface area contributed by atoms with Crippen molar-refractivity contribution in [2.75, 3.05) is 30.2 Å². The number of nitrogens with one attached hydrogen (secondary N) is 1. The normalized spacial score (nSPS) is 12.2. The third-order valence-corrected chi connectivity index (χ3v) is 6.70. The van der Waals surface area contributed by atoms with E-state index < -0.39 is 22.0 Å². The van der Waals surface area contributed by atoms with Gasteiger partial charge in [-0.3, -0.25) is 13.9 Å². The van der Waals surface area contributed by atoms with Crippen LogP contribution < -0.4 is 9.62 Å². The van der Waals surface area contributed by atoms with Crippen molar-refractivity contribution < 1.29 is 18.0 Å². The Morgan fingerprint density at radius 1 is 0.970 bits per heavy atom. The van der Waals surface area contributed by atoms with Crippen molar-refractivity contribution in [3.05, 3.63) is 65.2 Å². The van der Waals surface area contributed by atoms with E-state index in [1.807, 2.05) is 76.2 Å². The number of hydrogen-bond donors (Lipinski definition) is 1. The van der Waals surface area contributed by atoms with Crippen LogP contribution in [0.15, 0.2) is 48.5 Å². The van der Waals surface area contributed by atoms with Gasteiger partial charge in [-0.2, -0.15) is 0 Å². The van der Waals surface area contributed by atoms with Crippen LogP contribution in [0.1, 0.15) is 37.0 Å². The van der Waals surface area contributed by atoms with Gasteiger partial charge in [-0.1, -0.05) is 55.5 Å². The first-order valence-corrected chi connectivity index (χ1v) is 13.1. The van der Waals surface area contributed by atoms with E-state index in [9.17, 15) is 18.0 Å². The summed E-state index contributed by atoms with van der Waals surface area (Å²) in [5.74, 6) is -0.642. The molecule has 7 nitrogen and oxygen atoms in total. The molecule has 0 unspecified atom stereocenters. The molecule has 2 amide bonds. The van der Waals surface area contributed by atoms with Gasteiger partial charge in [0.1, 0.15) is 12.6 Å². The van der Waals surface area contributed by atoms with Gasteiger partial charge in [-0.15, -0.1) is 0 Å². The Balaban J connectivity index is 2.40. The summed E-state index contributed by atoms with van der Waals surface area (Å²) in [7, 11) is -3.74. The number of carbonyl (C=O) groups is 2. The Hall–Kier alpha value is -2.87. The largest absolute Gasteiger partial charge is 0.355 e. The molecule has 0 aliphatic rings. The second-order valence-electron chi connectivity index (χ2n) is 8.15. The number of rotatable bonds is 11. The van der Waals surface area contributed by atoms with Crippen LogP contribution in [0.4, 0.5) is 5.69 Å². The number of anilines is 1. The molecule has 180 valence electrons. The number of sulfonamides is 1. The Labute approximate surface area is 197 Å². The summed E-state index contributed by atoms with van der Waals surface area (Å²) >= 11 is 0. The van der Waals surface area contributed by atoms with Gasteiger partial charge in [0.15, 0.2) is 0 Å². The van der Waals surface area contributed by atoms with Crippen molar-refractivity contribution >= 4 is 27.5 Å². The predicted molar refractivity (Wildman–Crippen MR) is 133 cm³/mol. The van der Waals surface area contributed by atoms with Crippen molar-refractivity contribution in [1.82, 2.24) is 10.2 Å². The van der Waals surface area contributed by atoms with Crippen LogP contribution in [0.3, 0.4) is 0 Å². The SMILES string of the molecule is CCNC(=O)[C@@H](CC)N(CCc1ccccc1)C(=O)CN(c1c(C)cccc1C)S(C)(=O)=O. The molecule has 0 fully saturated rings. The molecular formula is C25H35N3O4S. The van der Waals surface area contributed by atoms with E-state index in [1.165, 1.54) is 4.90 Å². The average molecular weight is 474 g/mol. The zero-order chi connectivity index (χ0) is 24.6. The first kappa shape index (κ1) is 26.4. The first-order valence-electron chi connectivity index (χ1n) is 11.2. The number of aryl methyl sites for hydroxylation is 2. The summed E-state index contributed by atoms with van der Waals surface area (Å²) in [6.07, 6.45) is 2.08. The molecule has 0 bridgehead atoms. The summed E-state index contributed by atoms with van der Waals surface area (Å²) in [6, 6.07) is 14.5. The molecule has 1 N–H and O–H groups in total. The van der Waals surface area contributed by atoms with Gasteiger partial charge in [-0.05, 0) is 50.3 Å². The fourth-order valence-electron chi connectivity index (χ4n) is 3.96. The monoisotopic (exact) mass is 473 g/mol. The van der Waals surface area contributed by atoms with E-state index in [0.29, 0.717) is 31.6 Å². The second kappa shape index (κ2) is 11.8. The number of hydrogen-bond acceptors (Lipinski definition) is 4. The van der Waals surface area contributed by atoms with Gasteiger partial charge in [0.25, 0.3) is 0 Å². The van der Waals surface area contributed by atoms with Crippen LogP contribution in [-0.4, -0.2) is 57.1 Å². The molecule has 2 rings (SSSR count). The van der Waals surface area contributed by atoms with Gasteiger partial charge in [-0.25, -0.2) is 8.42 Å². The maximum Gasteiger partial charge on any atom is 0.244 e. The second-order valence-corrected chi connectivity index (χ2v) is 10.1. The minimum absolute atomic E-state index is 0.237. The molecule has 0 saturated carbocycles. The molecule has 33 heavy (non-hydrogen) atoms. The van der Waals surface area contributed by atoms with Gasteiger partial charge in [0.05, 0.1) is 11.9 Å². The number of likely N-dealkylation sites (N-methyl/N-ethyl adjacent to an activating group) is 1. The standard InChI is InChI=1S/C25H35N3O4S/c1-6-22(25(30)26-7-2)27(17-16-21-14-9-8-10-15-21)23(29)18-28(33(5,31)32)24-19(3)12-11-13-20(24)4/h8-15,22H,6-7,16-18H2,1-5H3,(H,26,30)/t22-/m1/s1. The fraction of sp³-hybridized carbons (Fsp3) is 0.440. The van der Waals surface area contributed by atoms with Crippen LogP contribution in [-0.2, 0) is 26.0 Å². The third-order valence-electron chi connectivity index (χ3n) is 5.59. The lowest BCUT2D eigenvalue weighted by molar-refractivity contribution is -0.139. The molecular weight excluding hydrogens is 438 g/mol. The van der Waals surface area contributed by atoms with Crippen LogP contribution in [0, 0.1) is 13.8 Å². The molecule has 2 aromatic rings. The molecule has 2 aromatic carbocycles. The number of nitrogens with zero attached hydrogens (tertiary/aromatic N) is 2. The molecule has 0 aliphatic carbocycles. The smallest absolute Gasteiger partial charge is 0.244 e. The Kier molecular flexibility index (Phi) is 9.46. The third kappa shape index (κ3) is 7.05. The molecule has 0 radical (unpaired) electrons. The Morgan fingerprint density at radius 3 is 2.09 bits per heavy atom. The topological polar surface area (TPSA) is 86.8 Å². The lowest BCUT2D eigenvalue weighted by atomic mass is 10.1. The lowest BCUT2D eigenvalue weighted by Gasteiger charge is -2.33. The lowest BCUT2D eigenvalue weighted by Crippen LogP contribution is -2.53.